The van der Waals surface area contributed by atoms with Crippen molar-refractivity contribution in [2.75, 3.05) is 26.7 Å². The molecule has 0 radical (unpaired) electrons. The van der Waals surface area contributed by atoms with Crippen molar-refractivity contribution in [1.82, 2.24) is 25.0 Å². The third-order valence-corrected chi connectivity index (χ3v) is 4.61. The van der Waals surface area contributed by atoms with Crippen LogP contribution in [0.5, 0.6) is 0 Å². The van der Waals surface area contributed by atoms with Crippen LogP contribution in [0.4, 0.5) is 0 Å². The zero-order chi connectivity index (χ0) is 19.1. The lowest BCUT2D eigenvalue weighted by molar-refractivity contribution is -0.149. The molecule has 1 N–H and O–H groups in total. The molecule has 152 valence electrons. The molecule has 9 heteroatoms. The van der Waals surface area contributed by atoms with Crippen LogP contribution in [0.15, 0.2) is 41.7 Å². The van der Waals surface area contributed by atoms with Crippen LogP contribution in [0.3, 0.4) is 0 Å². The summed E-state index contributed by atoms with van der Waals surface area (Å²) in [5.74, 6) is 1.32. The number of halogens is 1. The van der Waals surface area contributed by atoms with Crippen LogP contribution in [-0.2, 0) is 16.1 Å². The molecule has 0 spiro atoms. The normalized spacial score (nSPS) is 17.0. The molecule has 0 bridgehead atoms. The summed E-state index contributed by atoms with van der Waals surface area (Å²) in [6.45, 7) is 4.21. The summed E-state index contributed by atoms with van der Waals surface area (Å²) < 4.78 is 7.12. The van der Waals surface area contributed by atoms with Gasteiger partial charge < -0.3 is 15.0 Å². The summed E-state index contributed by atoms with van der Waals surface area (Å²) in [5.41, 5.74) is 1.01. The number of aliphatic imine (C=N–C) groups is 1. The van der Waals surface area contributed by atoms with E-state index in [0.29, 0.717) is 19.7 Å². The van der Waals surface area contributed by atoms with Gasteiger partial charge in [-0.3, -0.25) is 14.4 Å². The third-order valence-electron chi connectivity index (χ3n) is 4.61. The Morgan fingerprint density at radius 3 is 2.86 bits per heavy atom. The Balaban J connectivity index is 0.00000280. The second-order valence-electron chi connectivity index (χ2n) is 6.39. The second-order valence-corrected chi connectivity index (χ2v) is 6.39. The van der Waals surface area contributed by atoms with E-state index < -0.39 is 0 Å². The van der Waals surface area contributed by atoms with Crippen molar-refractivity contribution in [1.29, 1.82) is 0 Å². The maximum absolute atomic E-state index is 12.1. The Hall–Kier alpha value is -2.17. The lowest BCUT2D eigenvalue weighted by Gasteiger charge is -2.33. The summed E-state index contributed by atoms with van der Waals surface area (Å²) in [6.07, 6.45) is 3.49. The molecule has 3 rings (SSSR count). The largest absolute Gasteiger partial charge is 0.466 e. The van der Waals surface area contributed by atoms with E-state index in [9.17, 15) is 4.79 Å². The van der Waals surface area contributed by atoms with Gasteiger partial charge >= 0.3 is 5.97 Å². The Morgan fingerprint density at radius 1 is 1.36 bits per heavy atom. The van der Waals surface area contributed by atoms with E-state index in [2.05, 4.69) is 25.4 Å². The van der Waals surface area contributed by atoms with Gasteiger partial charge in [0.05, 0.1) is 19.1 Å². The van der Waals surface area contributed by atoms with Crippen molar-refractivity contribution in [2.45, 2.75) is 26.3 Å². The smallest absolute Gasteiger partial charge is 0.310 e. The van der Waals surface area contributed by atoms with Crippen LogP contribution < -0.4 is 5.32 Å². The van der Waals surface area contributed by atoms with Crippen LogP contribution >= 0.6 is 24.0 Å². The van der Waals surface area contributed by atoms with E-state index in [4.69, 9.17) is 4.74 Å². The zero-order valence-electron chi connectivity index (χ0n) is 16.2. The summed E-state index contributed by atoms with van der Waals surface area (Å²) in [6, 6.07) is 9.96. The highest BCUT2D eigenvalue weighted by atomic mass is 127. The SMILES string of the molecule is CCOC(=O)C1CCCN(C(=NC)NCc2nncn2-c2ccccc2)C1.I. The lowest BCUT2D eigenvalue weighted by atomic mass is 9.98. The number of para-hydroxylation sites is 1. The summed E-state index contributed by atoms with van der Waals surface area (Å²) in [7, 11) is 1.75. The highest BCUT2D eigenvalue weighted by Crippen LogP contribution is 2.18. The fourth-order valence-electron chi connectivity index (χ4n) is 3.30. The predicted molar refractivity (Wildman–Crippen MR) is 118 cm³/mol. The zero-order valence-corrected chi connectivity index (χ0v) is 18.6. The standard InChI is InChI=1S/C19H26N6O2.HI/c1-3-27-18(26)15-8-7-11-24(13-15)19(20-2)21-12-17-23-22-14-25(17)16-9-5-4-6-10-16;/h4-6,9-10,14-15H,3,7-8,11-13H2,1-2H3,(H,20,21);1H. The number of hydrogen-bond acceptors (Lipinski definition) is 5. The number of likely N-dealkylation sites (tertiary alicyclic amines) is 1. The van der Waals surface area contributed by atoms with Gasteiger partial charge in [-0.15, -0.1) is 34.2 Å². The average molecular weight is 498 g/mol. The minimum Gasteiger partial charge on any atom is -0.466 e. The molecule has 0 amide bonds. The molecular formula is C19H27IN6O2. The van der Waals surface area contributed by atoms with Gasteiger partial charge in [0.25, 0.3) is 0 Å². The number of piperidine rings is 1. The van der Waals surface area contributed by atoms with Gasteiger partial charge in [-0.05, 0) is 31.9 Å². The molecule has 1 aliphatic rings. The van der Waals surface area contributed by atoms with Crippen molar-refractivity contribution in [3.05, 3.63) is 42.5 Å². The van der Waals surface area contributed by atoms with Gasteiger partial charge in [0.15, 0.2) is 11.8 Å². The quantitative estimate of drug-likeness (QED) is 0.295. The molecule has 28 heavy (non-hydrogen) atoms. The highest BCUT2D eigenvalue weighted by Gasteiger charge is 2.28. The molecule has 0 saturated carbocycles. The number of carbonyl (C=O) groups is 1. The van der Waals surface area contributed by atoms with E-state index in [1.54, 1.807) is 13.4 Å². The number of nitrogens with one attached hydrogen (secondary N) is 1. The minimum atomic E-state index is -0.124. The first kappa shape index (κ1) is 22.1. The number of aromatic nitrogens is 3. The molecule has 2 aromatic rings. The van der Waals surface area contributed by atoms with Crippen LogP contribution in [-0.4, -0.2) is 58.3 Å². The monoisotopic (exact) mass is 498 g/mol. The number of esters is 1. The number of carbonyl (C=O) groups excluding carboxylic acids is 1. The minimum absolute atomic E-state index is 0. The maximum atomic E-state index is 12.1. The molecule has 1 fully saturated rings. The Morgan fingerprint density at radius 2 is 2.14 bits per heavy atom. The molecule has 1 aromatic heterocycles. The molecule has 1 aromatic carbocycles. The highest BCUT2D eigenvalue weighted by molar-refractivity contribution is 14.0. The van der Waals surface area contributed by atoms with Crippen molar-refractivity contribution in [3.8, 4) is 5.69 Å². The van der Waals surface area contributed by atoms with Gasteiger partial charge in [-0.2, -0.15) is 0 Å². The third kappa shape index (κ3) is 5.43. The predicted octanol–water partition coefficient (Wildman–Crippen LogP) is 2.24. The first-order chi connectivity index (χ1) is 13.2. The van der Waals surface area contributed by atoms with Crippen LogP contribution in [0.25, 0.3) is 5.69 Å². The molecule has 2 heterocycles. The van der Waals surface area contributed by atoms with E-state index in [1.807, 2.05) is 41.8 Å². The van der Waals surface area contributed by atoms with Crippen molar-refractivity contribution in [2.24, 2.45) is 10.9 Å². The van der Waals surface area contributed by atoms with E-state index in [-0.39, 0.29) is 35.9 Å². The van der Waals surface area contributed by atoms with Gasteiger partial charge in [0.2, 0.25) is 0 Å². The molecule has 8 nitrogen and oxygen atoms in total. The molecule has 0 aliphatic carbocycles. The summed E-state index contributed by atoms with van der Waals surface area (Å²) >= 11 is 0. The van der Waals surface area contributed by atoms with E-state index in [1.165, 1.54) is 0 Å². The summed E-state index contributed by atoms with van der Waals surface area (Å²) in [5, 5.41) is 11.6. The van der Waals surface area contributed by atoms with Crippen LogP contribution in [0.2, 0.25) is 0 Å². The molecule has 1 aliphatic heterocycles. The van der Waals surface area contributed by atoms with Crippen molar-refractivity contribution >= 4 is 35.9 Å². The number of ether oxygens (including phenoxy) is 1. The van der Waals surface area contributed by atoms with Gasteiger partial charge in [-0.1, -0.05) is 18.2 Å². The van der Waals surface area contributed by atoms with Crippen LogP contribution in [0, 0.1) is 5.92 Å². The number of hydrogen-bond donors (Lipinski definition) is 1. The maximum Gasteiger partial charge on any atom is 0.310 e. The summed E-state index contributed by atoms with van der Waals surface area (Å²) in [4.78, 5) is 18.6. The molecular weight excluding hydrogens is 471 g/mol. The lowest BCUT2D eigenvalue weighted by Crippen LogP contribution is -2.48. The van der Waals surface area contributed by atoms with E-state index in [0.717, 1.165) is 36.9 Å². The number of rotatable bonds is 5. The van der Waals surface area contributed by atoms with Gasteiger partial charge in [-0.25, -0.2) is 0 Å². The number of nitrogens with zero attached hydrogens (tertiary/aromatic N) is 5. The van der Waals surface area contributed by atoms with Crippen LogP contribution in [0.1, 0.15) is 25.6 Å². The average Bonchev–Trinajstić information content (AvgIpc) is 3.18. The topological polar surface area (TPSA) is 84.6 Å². The second kappa shape index (κ2) is 11.0. The fourth-order valence-corrected chi connectivity index (χ4v) is 3.30. The molecule has 1 unspecified atom stereocenters. The Kier molecular flexibility index (Phi) is 8.68. The van der Waals surface area contributed by atoms with Gasteiger partial charge in [0.1, 0.15) is 6.33 Å². The Bertz CT molecular complexity index is 780. The molecule has 1 saturated heterocycles. The molecule has 1 atom stereocenters. The fraction of sp³-hybridized carbons (Fsp3) is 0.474. The Labute approximate surface area is 182 Å². The number of guanidine groups is 1. The van der Waals surface area contributed by atoms with Crippen molar-refractivity contribution < 1.29 is 9.53 Å². The van der Waals surface area contributed by atoms with Crippen molar-refractivity contribution in [3.63, 3.8) is 0 Å². The number of benzene rings is 1. The first-order valence-corrected chi connectivity index (χ1v) is 9.29. The van der Waals surface area contributed by atoms with E-state index >= 15 is 0 Å². The van der Waals surface area contributed by atoms with Gasteiger partial charge in [0, 0.05) is 25.8 Å². The first-order valence-electron chi connectivity index (χ1n) is 9.29.